The number of rotatable bonds is 10. The van der Waals surface area contributed by atoms with E-state index in [1.807, 2.05) is 0 Å². The van der Waals surface area contributed by atoms with Gasteiger partial charge < -0.3 is 18.9 Å². The Bertz CT molecular complexity index is 523. The molecule has 6 unspecified atom stereocenters. The SMILES string of the molecule is C=C(OCC(CC)(CCC)COC(=O)C1CCC2OC2C1)C1CCOC(C)C1. The van der Waals surface area contributed by atoms with E-state index in [2.05, 4.69) is 27.4 Å². The minimum Gasteiger partial charge on any atom is -0.498 e. The van der Waals surface area contributed by atoms with E-state index in [4.69, 9.17) is 18.9 Å². The highest BCUT2D eigenvalue weighted by atomic mass is 16.6. The molecule has 5 nitrogen and oxygen atoms in total. The summed E-state index contributed by atoms with van der Waals surface area (Å²) in [4.78, 5) is 12.6. The van der Waals surface area contributed by atoms with Gasteiger partial charge in [0, 0.05) is 17.9 Å². The Morgan fingerprint density at radius 2 is 1.86 bits per heavy atom. The number of carbonyl (C=O) groups is 1. The molecule has 6 atom stereocenters. The fraction of sp³-hybridized carbons (Fsp3) is 0.870. The van der Waals surface area contributed by atoms with Gasteiger partial charge in [0.2, 0.25) is 0 Å². The largest absolute Gasteiger partial charge is 0.498 e. The maximum atomic E-state index is 12.6. The maximum absolute atomic E-state index is 12.6. The van der Waals surface area contributed by atoms with Gasteiger partial charge in [-0.3, -0.25) is 4.79 Å². The molecule has 0 spiro atoms. The molecular formula is C23H38O5. The number of epoxide rings is 1. The van der Waals surface area contributed by atoms with Crippen molar-refractivity contribution in [3.05, 3.63) is 12.3 Å². The highest BCUT2D eigenvalue weighted by Crippen LogP contribution is 2.40. The summed E-state index contributed by atoms with van der Waals surface area (Å²) in [7, 11) is 0. The third-order valence-electron chi connectivity index (χ3n) is 6.89. The number of hydrogen-bond donors (Lipinski definition) is 0. The van der Waals surface area contributed by atoms with E-state index in [0.717, 1.165) is 63.7 Å². The topological polar surface area (TPSA) is 57.3 Å². The summed E-state index contributed by atoms with van der Waals surface area (Å²) in [5.41, 5.74) is -0.141. The summed E-state index contributed by atoms with van der Waals surface area (Å²) in [5.74, 6) is 1.16. The Hall–Kier alpha value is -1.07. The third-order valence-corrected chi connectivity index (χ3v) is 6.89. The minimum absolute atomic E-state index is 0.000423. The van der Waals surface area contributed by atoms with Crippen LogP contribution in [0.5, 0.6) is 0 Å². The molecule has 3 aliphatic rings. The minimum atomic E-state index is -0.141. The molecule has 0 amide bonds. The Morgan fingerprint density at radius 1 is 1.07 bits per heavy atom. The molecule has 160 valence electrons. The van der Waals surface area contributed by atoms with Crippen LogP contribution >= 0.6 is 0 Å². The van der Waals surface area contributed by atoms with E-state index in [1.165, 1.54) is 0 Å². The maximum Gasteiger partial charge on any atom is 0.309 e. The first-order valence-corrected chi connectivity index (χ1v) is 11.2. The van der Waals surface area contributed by atoms with Crippen molar-refractivity contribution in [1.29, 1.82) is 0 Å². The average Bonchev–Trinajstić information content (AvgIpc) is 3.48. The molecule has 0 aromatic heterocycles. The number of esters is 1. The molecule has 1 aliphatic carbocycles. The van der Waals surface area contributed by atoms with Gasteiger partial charge in [-0.1, -0.05) is 26.8 Å². The fourth-order valence-corrected chi connectivity index (χ4v) is 4.71. The van der Waals surface area contributed by atoms with Gasteiger partial charge >= 0.3 is 5.97 Å². The molecular weight excluding hydrogens is 356 g/mol. The van der Waals surface area contributed by atoms with Crippen molar-refractivity contribution in [2.75, 3.05) is 19.8 Å². The molecule has 2 saturated heterocycles. The zero-order valence-corrected chi connectivity index (χ0v) is 17.9. The second-order valence-electron chi connectivity index (χ2n) is 9.09. The van der Waals surface area contributed by atoms with Gasteiger partial charge in [-0.15, -0.1) is 0 Å². The van der Waals surface area contributed by atoms with Crippen molar-refractivity contribution in [1.82, 2.24) is 0 Å². The van der Waals surface area contributed by atoms with Gasteiger partial charge in [0.25, 0.3) is 0 Å². The van der Waals surface area contributed by atoms with E-state index in [0.29, 0.717) is 31.3 Å². The summed E-state index contributed by atoms with van der Waals surface area (Å²) in [5, 5.41) is 0. The van der Waals surface area contributed by atoms with Crippen molar-refractivity contribution in [3.8, 4) is 0 Å². The first-order chi connectivity index (χ1) is 13.5. The van der Waals surface area contributed by atoms with E-state index >= 15 is 0 Å². The van der Waals surface area contributed by atoms with Crippen molar-refractivity contribution in [2.45, 2.75) is 90.4 Å². The second-order valence-corrected chi connectivity index (χ2v) is 9.09. The number of hydrogen-bond acceptors (Lipinski definition) is 5. The van der Waals surface area contributed by atoms with Gasteiger partial charge in [-0.2, -0.15) is 0 Å². The van der Waals surface area contributed by atoms with Gasteiger partial charge in [-0.25, -0.2) is 0 Å². The lowest BCUT2D eigenvalue weighted by Gasteiger charge is -2.35. The first-order valence-electron chi connectivity index (χ1n) is 11.2. The molecule has 0 bridgehead atoms. The zero-order chi connectivity index (χ0) is 20.1. The van der Waals surface area contributed by atoms with E-state index in [-0.39, 0.29) is 23.4 Å². The summed E-state index contributed by atoms with van der Waals surface area (Å²) in [6, 6.07) is 0. The van der Waals surface area contributed by atoms with E-state index in [9.17, 15) is 4.79 Å². The van der Waals surface area contributed by atoms with Crippen LogP contribution in [0.25, 0.3) is 0 Å². The van der Waals surface area contributed by atoms with Crippen LogP contribution < -0.4 is 0 Å². The molecule has 3 fully saturated rings. The molecule has 0 radical (unpaired) electrons. The molecule has 5 heteroatoms. The average molecular weight is 395 g/mol. The summed E-state index contributed by atoms with van der Waals surface area (Å²) < 4.78 is 23.2. The lowest BCUT2D eigenvalue weighted by atomic mass is 9.82. The monoisotopic (exact) mass is 394 g/mol. The van der Waals surface area contributed by atoms with Gasteiger partial charge in [0.05, 0.1) is 36.6 Å². The van der Waals surface area contributed by atoms with Crippen LogP contribution in [-0.2, 0) is 23.7 Å². The van der Waals surface area contributed by atoms with Crippen LogP contribution in [-0.4, -0.2) is 44.1 Å². The standard InChI is InChI=1S/C23H38O5/c1-5-10-23(6-2,14-26-17(4)18-9-11-25-16(3)12-18)15-27-22(24)19-7-8-20-21(13-19)28-20/h16,18-21H,4-15H2,1-3H3. The van der Waals surface area contributed by atoms with Crippen LogP contribution in [0.1, 0.15) is 72.1 Å². The van der Waals surface area contributed by atoms with Crippen molar-refractivity contribution < 1.29 is 23.7 Å². The zero-order valence-electron chi connectivity index (χ0n) is 17.9. The highest BCUT2D eigenvalue weighted by Gasteiger charge is 2.46. The summed E-state index contributed by atoms with van der Waals surface area (Å²) in [6.45, 7) is 12.4. The summed E-state index contributed by atoms with van der Waals surface area (Å²) >= 11 is 0. The van der Waals surface area contributed by atoms with Gasteiger partial charge in [-0.05, 0) is 51.9 Å². The molecule has 1 saturated carbocycles. The van der Waals surface area contributed by atoms with Crippen molar-refractivity contribution in [3.63, 3.8) is 0 Å². The number of allylic oxidation sites excluding steroid dienone is 1. The molecule has 3 rings (SSSR count). The van der Waals surface area contributed by atoms with Crippen molar-refractivity contribution in [2.24, 2.45) is 17.3 Å². The quantitative estimate of drug-likeness (QED) is 0.307. The first kappa shape index (κ1) is 21.6. The van der Waals surface area contributed by atoms with Crippen molar-refractivity contribution >= 4 is 5.97 Å². The predicted octanol–water partition coefficient (Wildman–Crippen LogP) is 4.64. The Labute approximate surface area is 170 Å². The molecule has 2 aliphatic heterocycles. The highest BCUT2D eigenvalue weighted by molar-refractivity contribution is 5.72. The second kappa shape index (κ2) is 9.62. The summed E-state index contributed by atoms with van der Waals surface area (Å²) in [6.07, 6.45) is 8.55. The van der Waals surface area contributed by atoms with Crippen LogP contribution in [0.15, 0.2) is 12.3 Å². The molecule has 0 aromatic carbocycles. The number of ether oxygens (including phenoxy) is 4. The normalized spacial score (nSPS) is 34.0. The molecule has 28 heavy (non-hydrogen) atoms. The molecule has 0 N–H and O–H groups in total. The Kier molecular flexibility index (Phi) is 7.43. The van der Waals surface area contributed by atoms with Gasteiger partial charge in [0.15, 0.2) is 0 Å². The number of fused-ring (bicyclic) bond motifs is 1. The number of carbonyl (C=O) groups excluding carboxylic acids is 1. The van der Waals surface area contributed by atoms with Crippen LogP contribution in [0.2, 0.25) is 0 Å². The third kappa shape index (κ3) is 5.50. The Morgan fingerprint density at radius 3 is 2.54 bits per heavy atom. The van der Waals surface area contributed by atoms with E-state index in [1.54, 1.807) is 0 Å². The fourth-order valence-electron chi connectivity index (χ4n) is 4.71. The van der Waals surface area contributed by atoms with Crippen LogP contribution in [0.4, 0.5) is 0 Å². The van der Waals surface area contributed by atoms with Crippen LogP contribution in [0.3, 0.4) is 0 Å². The molecule has 2 heterocycles. The molecule has 0 aromatic rings. The Balaban J connectivity index is 1.50. The van der Waals surface area contributed by atoms with E-state index < -0.39 is 0 Å². The lowest BCUT2D eigenvalue weighted by Crippen LogP contribution is -2.35. The smallest absolute Gasteiger partial charge is 0.309 e. The lowest BCUT2D eigenvalue weighted by molar-refractivity contribution is -0.155. The van der Waals surface area contributed by atoms with Gasteiger partial charge in [0.1, 0.15) is 6.61 Å². The van der Waals surface area contributed by atoms with Crippen LogP contribution in [0, 0.1) is 17.3 Å². The predicted molar refractivity (Wildman–Crippen MR) is 108 cm³/mol.